The Balaban J connectivity index is 1.17. The Morgan fingerprint density at radius 3 is 2.45 bits per heavy atom. The smallest absolute Gasteiger partial charge is 0.266 e. The van der Waals surface area contributed by atoms with Crippen molar-refractivity contribution in [3.05, 3.63) is 93.2 Å². The van der Waals surface area contributed by atoms with Crippen LogP contribution in [0.2, 0.25) is 10.0 Å². The third kappa shape index (κ3) is 6.01. The average molecular weight is 568 g/mol. The zero-order valence-electron chi connectivity index (χ0n) is 20.9. The number of piperazine rings is 1. The van der Waals surface area contributed by atoms with Gasteiger partial charge >= 0.3 is 0 Å². The number of carbonyl (C=O) groups excluding carboxylic acids is 1. The third-order valence-electron chi connectivity index (χ3n) is 6.65. The van der Waals surface area contributed by atoms with E-state index in [1.807, 2.05) is 59.5 Å². The lowest BCUT2D eigenvalue weighted by Gasteiger charge is -2.36. The van der Waals surface area contributed by atoms with E-state index in [1.54, 1.807) is 22.8 Å². The Morgan fingerprint density at radius 2 is 1.66 bits per heavy atom. The Morgan fingerprint density at radius 1 is 0.895 bits per heavy atom. The predicted octanol–water partition coefficient (Wildman–Crippen LogP) is 6.30. The molecule has 0 unspecified atom stereocenters. The molecule has 0 bridgehead atoms. The first-order valence-electron chi connectivity index (χ1n) is 12.7. The van der Waals surface area contributed by atoms with Crippen LogP contribution in [0.4, 0.5) is 5.69 Å². The van der Waals surface area contributed by atoms with E-state index >= 15 is 0 Å². The van der Waals surface area contributed by atoms with E-state index in [0.717, 1.165) is 42.4 Å². The quantitative estimate of drug-likeness (QED) is 0.142. The number of fused-ring (bicyclic) bond motifs is 1. The zero-order chi connectivity index (χ0) is 26.5. The van der Waals surface area contributed by atoms with Crippen molar-refractivity contribution in [2.75, 3.05) is 36.8 Å². The minimum atomic E-state index is -0.119. The third-order valence-corrected chi connectivity index (χ3v) is 8.23. The number of benzene rings is 3. The lowest BCUT2D eigenvalue weighted by Crippen LogP contribution is -2.48. The van der Waals surface area contributed by atoms with Crippen LogP contribution in [0.3, 0.4) is 0 Å². The summed E-state index contributed by atoms with van der Waals surface area (Å²) in [6, 6.07) is 22.4. The van der Waals surface area contributed by atoms with E-state index in [4.69, 9.17) is 28.2 Å². The molecule has 5 rings (SSSR count). The van der Waals surface area contributed by atoms with Gasteiger partial charge in [0.2, 0.25) is 5.91 Å². The van der Waals surface area contributed by atoms with Gasteiger partial charge in [-0.15, -0.1) is 0 Å². The van der Waals surface area contributed by atoms with Crippen molar-refractivity contribution in [2.24, 2.45) is 0 Å². The highest BCUT2D eigenvalue weighted by molar-refractivity contribution is 7.99. The van der Waals surface area contributed by atoms with Crippen LogP contribution in [-0.2, 0) is 4.79 Å². The molecule has 0 saturated carbocycles. The largest absolute Gasteiger partial charge is 0.367 e. The molecule has 1 aliphatic rings. The summed E-state index contributed by atoms with van der Waals surface area (Å²) in [5.41, 5.74) is 2.27. The van der Waals surface area contributed by atoms with Crippen LogP contribution >= 0.6 is 35.0 Å². The Hall–Kier alpha value is -3.00. The second kappa shape index (κ2) is 12.2. The predicted molar refractivity (Wildman–Crippen MR) is 157 cm³/mol. The van der Waals surface area contributed by atoms with Crippen LogP contribution in [0.5, 0.6) is 0 Å². The molecule has 0 spiro atoms. The van der Waals surface area contributed by atoms with Gasteiger partial charge in [-0.2, -0.15) is 0 Å². The van der Waals surface area contributed by atoms with Crippen molar-refractivity contribution in [3.8, 4) is 5.69 Å². The second-order valence-corrected chi connectivity index (χ2v) is 11.1. The Kier molecular flexibility index (Phi) is 8.57. The molecule has 0 aliphatic carbocycles. The highest BCUT2D eigenvalue weighted by atomic mass is 35.5. The summed E-state index contributed by atoms with van der Waals surface area (Å²) in [7, 11) is 0. The first kappa shape index (κ1) is 26.6. The first-order valence-corrected chi connectivity index (χ1v) is 14.4. The Bertz CT molecular complexity index is 1500. The monoisotopic (exact) mass is 566 g/mol. The number of anilines is 1. The number of unbranched alkanes of at least 4 members (excludes halogenated alkanes) is 1. The van der Waals surface area contributed by atoms with Gasteiger partial charge in [-0.1, -0.05) is 65.3 Å². The van der Waals surface area contributed by atoms with Crippen LogP contribution in [-0.4, -0.2) is 52.3 Å². The summed E-state index contributed by atoms with van der Waals surface area (Å²) in [5, 5.41) is 2.49. The lowest BCUT2D eigenvalue weighted by atomic mass is 10.2. The van der Waals surface area contributed by atoms with Gasteiger partial charge in [0.25, 0.3) is 5.56 Å². The van der Waals surface area contributed by atoms with Crippen LogP contribution in [0.25, 0.3) is 16.6 Å². The maximum Gasteiger partial charge on any atom is 0.266 e. The molecule has 6 nitrogen and oxygen atoms in total. The summed E-state index contributed by atoms with van der Waals surface area (Å²) in [5.74, 6) is 0.937. The number of para-hydroxylation sites is 2. The molecule has 1 saturated heterocycles. The van der Waals surface area contributed by atoms with Gasteiger partial charge in [0.05, 0.1) is 27.3 Å². The highest BCUT2D eigenvalue weighted by Gasteiger charge is 2.22. The summed E-state index contributed by atoms with van der Waals surface area (Å²) >= 11 is 14.1. The van der Waals surface area contributed by atoms with Crippen molar-refractivity contribution in [3.63, 3.8) is 0 Å². The van der Waals surface area contributed by atoms with Crippen LogP contribution in [0.1, 0.15) is 19.3 Å². The van der Waals surface area contributed by atoms with Crippen molar-refractivity contribution >= 4 is 57.5 Å². The van der Waals surface area contributed by atoms with Crippen molar-refractivity contribution in [1.82, 2.24) is 14.5 Å². The van der Waals surface area contributed by atoms with E-state index in [2.05, 4.69) is 4.90 Å². The summed E-state index contributed by atoms with van der Waals surface area (Å²) < 4.78 is 1.63. The molecule has 0 N–H and O–H groups in total. The topological polar surface area (TPSA) is 58.4 Å². The zero-order valence-corrected chi connectivity index (χ0v) is 23.2. The van der Waals surface area contributed by atoms with Gasteiger partial charge in [-0.3, -0.25) is 14.2 Å². The molecule has 38 heavy (non-hydrogen) atoms. The van der Waals surface area contributed by atoms with Gasteiger partial charge in [0.15, 0.2) is 5.16 Å². The molecule has 0 atom stereocenters. The van der Waals surface area contributed by atoms with Crippen LogP contribution in [0, 0.1) is 0 Å². The molecular formula is C29H28Cl2N4O2S. The molecule has 4 aromatic rings. The summed E-state index contributed by atoms with van der Waals surface area (Å²) in [6.07, 6.45) is 2.14. The fraction of sp³-hybridized carbons (Fsp3) is 0.276. The van der Waals surface area contributed by atoms with Crippen molar-refractivity contribution in [1.29, 1.82) is 0 Å². The maximum atomic E-state index is 13.4. The molecule has 3 aromatic carbocycles. The van der Waals surface area contributed by atoms with Crippen LogP contribution < -0.4 is 10.5 Å². The van der Waals surface area contributed by atoms with Gasteiger partial charge < -0.3 is 9.80 Å². The Labute approximate surface area is 236 Å². The fourth-order valence-electron chi connectivity index (χ4n) is 4.66. The number of nitrogens with zero attached hydrogens (tertiary/aromatic N) is 4. The first-order chi connectivity index (χ1) is 18.5. The number of hydrogen-bond acceptors (Lipinski definition) is 5. The number of aromatic nitrogens is 2. The maximum absolute atomic E-state index is 13.4. The number of thioether (sulfide) groups is 1. The fourth-order valence-corrected chi connectivity index (χ4v) is 6.11. The second-order valence-electron chi connectivity index (χ2n) is 9.16. The van der Waals surface area contributed by atoms with Gasteiger partial charge in [-0.25, -0.2) is 4.98 Å². The SMILES string of the molecule is O=C(CCCCSc1nc2ccccc2c(=O)n1-c1cccc(Cl)c1)N1CCN(c2ccccc2Cl)CC1. The van der Waals surface area contributed by atoms with Crippen LogP contribution in [0.15, 0.2) is 82.7 Å². The van der Waals surface area contributed by atoms with Crippen molar-refractivity contribution in [2.45, 2.75) is 24.4 Å². The molecule has 1 aliphatic heterocycles. The average Bonchev–Trinajstić information content (AvgIpc) is 2.93. The summed E-state index contributed by atoms with van der Waals surface area (Å²) in [6.45, 7) is 2.96. The molecule has 196 valence electrons. The molecule has 1 fully saturated rings. The van der Waals surface area contributed by atoms with E-state index in [1.165, 1.54) is 11.8 Å². The van der Waals surface area contributed by atoms with E-state index < -0.39 is 0 Å². The number of carbonyl (C=O) groups is 1. The molecule has 0 radical (unpaired) electrons. The molecule has 1 amide bonds. The highest BCUT2D eigenvalue weighted by Crippen LogP contribution is 2.27. The minimum absolute atomic E-state index is 0.119. The van der Waals surface area contributed by atoms with Gasteiger partial charge in [0.1, 0.15) is 0 Å². The van der Waals surface area contributed by atoms with E-state index in [-0.39, 0.29) is 11.5 Å². The number of halogens is 2. The number of hydrogen-bond donors (Lipinski definition) is 0. The molecule has 1 aromatic heterocycles. The minimum Gasteiger partial charge on any atom is -0.367 e. The normalized spacial score (nSPS) is 13.7. The van der Waals surface area contributed by atoms with Gasteiger partial charge in [0, 0.05) is 43.4 Å². The standard InChI is InChI=1S/C29H28Cl2N4O2S/c30-21-8-7-9-22(20-21)35-28(37)23-10-1-3-12-25(23)32-29(35)38-19-6-5-14-27(36)34-17-15-33(16-18-34)26-13-4-2-11-24(26)31/h1-4,7-13,20H,5-6,14-19H2. The van der Waals surface area contributed by atoms with E-state index in [9.17, 15) is 9.59 Å². The molecule has 2 heterocycles. The molecular weight excluding hydrogens is 539 g/mol. The number of rotatable bonds is 8. The number of amides is 1. The van der Waals surface area contributed by atoms with Gasteiger partial charge in [-0.05, 0) is 55.3 Å². The van der Waals surface area contributed by atoms with E-state index in [0.29, 0.717) is 46.3 Å². The lowest BCUT2D eigenvalue weighted by molar-refractivity contribution is -0.131. The van der Waals surface area contributed by atoms with Crippen molar-refractivity contribution < 1.29 is 4.79 Å². The summed E-state index contributed by atoms with van der Waals surface area (Å²) in [4.78, 5) is 35.1. The molecule has 9 heteroatoms.